The molecule has 3 unspecified atom stereocenters. The second kappa shape index (κ2) is 9.44. The maximum Gasteiger partial charge on any atom is 0.417 e. The molecule has 0 radical (unpaired) electrons. The number of carbonyl (C=O) groups is 1. The van der Waals surface area contributed by atoms with Gasteiger partial charge in [-0.15, -0.1) is 11.8 Å². The first-order valence-corrected chi connectivity index (χ1v) is 13.2. The fourth-order valence-corrected chi connectivity index (χ4v) is 6.86. The van der Waals surface area contributed by atoms with E-state index in [4.69, 9.17) is 0 Å². The van der Waals surface area contributed by atoms with Crippen molar-refractivity contribution in [1.29, 1.82) is 0 Å². The molecule has 2 aliphatic heterocycles. The predicted octanol–water partition coefficient (Wildman–Crippen LogP) is 5.50. The van der Waals surface area contributed by atoms with Crippen molar-refractivity contribution in [2.24, 2.45) is 0 Å². The van der Waals surface area contributed by atoms with E-state index in [1.165, 1.54) is 34.5 Å². The molecule has 2 aliphatic rings. The van der Waals surface area contributed by atoms with Crippen LogP contribution in [0.3, 0.4) is 0 Å². The highest BCUT2D eigenvalue weighted by Gasteiger charge is 2.40. The Bertz CT molecular complexity index is 1490. The van der Waals surface area contributed by atoms with Gasteiger partial charge in [-0.25, -0.2) is 9.18 Å². The molecule has 0 spiro atoms. The van der Waals surface area contributed by atoms with Crippen molar-refractivity contribution in [3.63, 3.8) is 0 Å². The fourth-order valence-electron chi connectivity index (χ4n) is 5.59. The molecule has 11 heteroatoms. The number of hydrogen-bond donors (Lipinski definition) is 0. The molecular weight excluding hydrogens is 520 g/mol. The van der Waals surface area contributed by atoms with Gasteiger partial charge in [0.05, 0.1) is 11.1 Å². The SMILES string of the molecule is C=CC(=O)N1C(C)CN(c2nc(=O)n3c4c(c(-c5ccc(F)cc5)c(C(F)(F)F)cc24)SCC3C)CC1C. The second-order valence-electron chi connectivity index (χ2n) is 9.83. The quantitative estimate of drug-likeness (QED) is 0.321. The Hall–Kier alpha value is -3.34. The first-order valence-electron chi connectivity index (χ1n) is 12.2. The summed E-state index contributed by atoms with van der Waals surface area (Å²) in [6.45, 7) is 9.64. The van der Waals surface area contributed by atoms with E-state index in [-0.39, 0.29) is 59.5 Å². The molecule has 0 bridgehead atoms. The van der Waals surface area contributed by atoms with Crippen LogP contribution in [0.4, 0.5) is 23.4 Å². The first-order chi connectivity index (χ1) is 17.9. The van der Waals surface area contributed by atoms with Gasteiger partial charge < -0.3 is 9.80 Å². The molecule has 0 N–H and O–H groups in total. The first kappa shape index (κ1) is 26.3. The van der Waals surface area contributed by atoms with Crippen molar-refractivity contribution in [1.82, 2.24) is 14.5 Å². The summed E-state index contributed by atoms with van der Waals surface area (Å²) in [5, 5.41) is 0.222. The van der Waals surface area contributed by atoms with E-state index in [2.05, 4.69) is 11.6 Å². The molecular formula is C27H26F4N4O2S. The molecule has 0 aliphatic carbocycles. The average Bonchev–Trinajstić information content (AvgIpc) is 2.85. The molecule has 3 atom stereocenters. The van der Waals surface area contributed by atoms with Crippen LogP contribution in [0.5, 0.6) is 0 Å². The molecule has 6 nitrogen and oxygen atoms in total. The molecule has 3 aromatic rings. The zero-order valence-corrected chi connectivity index (χ0v) is 21.9. The molecule has 1 saturated heterocycles. The molecule has 1 aromatic heterocycles. The van der Waals surface area contributed by atoms with E-state index in [1.807, 2.05) is 20.8 Å². The number of piperazine rings is 1. The minimum absolute atomic E-state index is 0.0738. The number of halogens is 4. The summed E-state index contributed by atoms with van der Waals surface area (Å²) >= 11 is 1.25. The van der Waals surface area contributed by atoms with Crippen LogP contribution in [-0.4, -0.2) is 51.3 Å². The number of hydrogen-bond acceptors (Lipinski definition) is 5. The molecule has 3 heterocycles. The summed E-state index contributed by atoms with van der Waals surface area (Å²) in [6.07, 6.45) is -3.48. The number of rotatable bonds is 3. The van der Waals surface area contributed by atoms with Crippen molar-refractivity contribution in [2.45, 2.75) is 50.0 Å². The van der Waals surface area contributed by atoms with Crippen LogP contribution in [0, 0.1) is 5.82 Å². The van der Waals surface area contributed by atoms with Crippen LogP contribution in [0.1, 0.15) is 32.4 Å². The Kier molecular flexibility index (Phi) is 6.53. The Balaban J connectivity index is 1.80. The van der Waals surface area contributed by atoms with Crippen molar-refractivity contribution in [3.8, 4) is 11.1 Å². The summed E-state index contributed by atoms with van der Waals surface area (Å²) in [6, 6.07) is 5.09. The summed E-state index contributed by atoms with van der Waals surface area (Å²) in [5.74, 6) is -0.242. The van der Waals surface area contributed by atoms with E-state index in [0.29, 0.717) is 16.2 Å². The number of anilines is 1. The van der Waals surface area contributed by atoms with Crippen LogP contribution in [-0.2, 0) is 11.0 Å². The third-order valence-corrected chi connectivity index (χ3v) is 8.48. The van der Waals surface area contributed by atoms with Gasteiger partial charge in [0, 0.05) is 52.8 Å². The summed E-state index contributed by atoms with van der Waals surface area (Å²) in [5.41, 5.74) is -0.884. The van der Waals surface area contributed by atoms with Gasteiger partial charge in [0.25, 0.3) is 0 Å². The lowest BCUT2D eigenvalue weighted by Gasteiger charge is -2.45. The van der Waals surface area contributed by atoms with E-state index in [9.17, 15) is 27.2 Å². The number of alkyl halides is 3. The minimum atomic E-state index is -4.72. The lowest BCUT2D eigenvalue weighted by molar-refractivity contribution is -0.137. The van der Waals surface area contributed by atoms with Gasteiger partial charge in [-0.05, 0) is 50.6 Å². The standard InChI is InChI=1S/C27H26F4N4O2S/c1-5-21(36)34-14(2)11-33(12-15(34)3)25-19-10-20(27(29,30)31)22(17-6-8-18(28)9-7-17)24-23(19)35(26(37)32-25)16(4)13-38-24/h5-10,14-16H,1,11-13H2,2-4H3. The number of carbonyl (C=O) groups excluding carboxylic acids is 1. The smallest absolute Gasteiger partial charge is 0.352 e. The third kappa shape index (κ3) is 4.26. The summed E-state index contributed by atoms with van der Waals surface area (Å²) < 4.78 is 58.8. The average molecular weight is 547 g/mol. The topological polar surface area (TPSA) is 58.4 Å². The molecule has 2 aromatic carbocycles. The fraction of sp³-hybridized carbons (Fsp3) is 0.370. The normalized spacial score (nSPS) is 21.6. The van der Waals surface area contributed by atoms with Gasteiger partial charge in [-0.3, -0.25) is 9.36 Å². The maximum absolute atomic E-state index is 14.6. The zero-order valence-electron chi connectivity index (χ0n) is 21.1. The van der Waals surface area contributed by atoms with Crippen molar-refractivity contribution >= 4 is 34.4 Å². The van der Waals surface area contributed by atoms with Gasteiger partial charge in [-0.2, -0.15) is 18.2 Å². The predicted molar refractivity (Wildman–Crippen MR) is 140 cm³/mol. The number of aromatic nitrogens is 2. The summed E-state index contributed by atoms with van der Waals surface area (Å²) in [4.78, 5) is 33.8. The van der Waals surface area contributed by atoms with Crippen LogP contribution < -0.4 is 10.6 Å². The molecule has 1 amide bonds. The Morgan fingerprint density at radius 1 is 1.11 bits per heavy atom. The van der Waals surface area contributed by atoms with E-state index >= 15 is 0 Å². The number of benzene rings is 2. The monoisotopic (exact) mass is 546 g/mol. The Labute approximate surface area is 220 Å². The van der Waals surface area contributed by atoms with Gasteiger partial charge in [0.2, 0.25) is 5.91 Å². The maximum atomic E-state index is 14.6. The van der Waals surface area contributed by atoms with Crippen molar-refractivity contribution in [3.05, 3.63) is 64.9 Å². The van der Waals surface area contributed by atoms with Gasteiger partial charge in [0.15, 0.2) is 0 Å². The highest BCUT2D eigenvalue weighted by atomic mass is 32.2. The summed E-state index contributed by atoms with van der Waals surface area (Å²) in [7, 11) is 0. The molecule has 5 rings (SSSR count). The number of amides is 1. The van der Waals surface area contributed by atoms with E-state index in [0.717, 1.165) is 18.2 Å². The molecule has 38 heavy (non-hydrogen) atoms. The Morgan fingerprint density at radius 2 is 1.74 bits per heavy atom. The van der Waals surface area contributed by atoms with Crippen molar-refractivity contribution < 1.29 is 22.4 Å². The van der Waals surface area contributed by atoms with Crippen LogP contribution in [0.2, 0.25) is 0 Å². The van der Waals surface area contributed by atoms with Gasteiger partial charge in [0.1, 0.15) is 11.6 Å². The molecule has 1 fully saturated rings. The highest BCUT2D eigenvalue weighted by molar-refractivity contribution is 7.99. The van der Waals surface area contributed by atoms with E-state index in [1.54, 1.807) is 9.80 Å². The number of nitrogens with zero attached hydrogens (tertiary/aromatic N) is 4. The Morgan fingerprint density at radius 3 is 2.32 bits per heavy atom. The van der Waals surface area contributed by atoms with Crippen LogP contribution >= 0.6 is 11.8 Å². The van der Waals surface area contributed by atoms with Crippen LogP contribution in [0.15, 0.2) is 52.7 Å². The van der Waals surface area contributed by atoms with Crippen molar-refractivity contribution in [2.75, 3.05) is 23.7 Å². The van der Waals surface area contributed by atoms with Gasteiger partial charge in [-0.1, -0.05) is 18.7 Å². The zero-order chi connectivity index (χ0) is 27.5. The minimum Gasteiger partial charge on any atom is -0.352 e. The largest absolute Gasteiger partial charge is 0.417 e. The molecule has 200 valence electrons. The van der Waals surface area contributed by atoms with Gasteiger partial charge >= 0.3 is 11.9 Å². The van der Waals surface area contributed by atoms with Crippen LogP contribution in [0.25, 0.3) is 22.0 Å². The second-order valence-corrected chi connectivity index (χ2v) is 10.9. The van der Waals surface area contributed by atoms with E-state index < -0.39 is 23.2 Å². The molecule has 0 saturated carbocycles. The lowest BCUT2D eigenvalue weighted by Crippen LogP contribution is -2.58. The third-order valence-electron chi connectivity index (χ3n) is 7.14. The highest BCUT2D eigenvalue weighted by Crippen LogP contribution is 2.49. The number of thioether (sulfide) groups is 1. The lowest BCUT2D eigenvalue weighted by atomic mass is 9.95.